The van der Waals surface area contributed by atoms with Crippen molar-refractivity contribution in [3.8, 4) is 11.1 Å². The summed E-state index contributed by atoms with van der Waals surface area (Å²) in [6.45, 7) is 1.55. The molecular weight excluding hydrogens is 456 g/mol. The first kappa shape index (κ1) is 21.4. The predicted octanol–water partition coefficient (Wildman–Crippen LogP) is 4.89. The Morgan fingerprint density at radius 2 is 2.10 bits per heavy atom. The zero-order valence-corrected chi connectivity index (χ0v) is 18.9. The third-order valence-electron chi connectivity index (χ3n) is 4.68. The van der Waals surface area contributed by atoms with E-state index in [2.05, 4.69) is 20.0 Å². The normalized spacial score (nSPS) is 11.5. The lowest BCUT2D eigenvalue weighted by molar-refractivity contribution is -0.115. The molecule has 1 aromatic carbocycles. The second-order valence-corrected chi connectivity index (χ2v) is 10.2. The Hall–Kier alpha value is -2.88. The summed E-state index contributed by atoms with van der Waals surface area (Å²) in [4.78, 5) is 20.0. The van der Waals surface area contributed by atoms with Gasteiger partial charge in [-0.05, 0) is 48.4 Å². The van der Waals surface area contributed by atoms with Crippen LogP contribution in [0, 0.1) is 0 Å². The van der Waals surface area contributed by atoms with Crippen molar-refractivity contribution in [1.82, 2.24) is 9.97 Å². The van der Waals surface area contributed by atoms with Crippen molar-refractivity contribution >= 4 is 60.6 Å². The Bertz CT molecular complexity index is 1360. The van der Waals surface area contributed by atoms with Crippen LogP contribution in [0.5, 0.6) is 0 Å². The maximum Gasteiger partial charge on any atom is 0.232 e. The molecule has 4 aromatic rings. The number of nitrogens with zero attached hydrogens (tertiary/aromatic N) is 1. The molecule has 1 amide bonds. The number of thiophene rings is 1. The van der Waals surface area contributed by atoms with Gasteiger partial charge in [0, 0.05) is 39.4 Å². The number of hydrogen-bond donors (Lipinski definition) is 3. The predicted molar refractivity (Wildman–Crippen MR) is 126 cm³/mol. The Morgan fingerprint density at radius 3 is 2.87 bits per heavy atom. The summed E-state index contributed by atoms with van der Waals surface area (Å²) in [7, 11) is -3.39. The molecule has 10 heteroatoms. The van der Waals surface area contributed by atoms with Gasteiger partial charge in [0.1, 0.15) is 5.65 Å². The first-order chi connectivity index (χ1) is 14.8. The average molecular weight is 475 g/mol. The van der Waals surface area contributed by atoms with E-state index in [4.69, 9.17) is 11.6 Å². The molecule has 0 aliphatic rings. The van der Waals surface area contributed by atoms with E-state index in [1.807, 2.05) is 29.8 Å². The molecular formula is C21H19ClN4O3S2. The molecule has 0 atom stereocenters. The molecule has 0 radical (unpaired) electrons. The van der Waals surface area contributed by atoms with Crippen LogP contribution >= 0.6 is 22.9 Å². The molecule has 0 bridgehead atoms. The number of pyridine rings is 1. The van der Waals surface area contributed by atoms with Crippen LogP contribution in [0.25, 0.3) is 22.2 Å². The minimum atomic E-state index is -3.39. The van der Waals surface area contributed by atoms with Crippen molar-refractivity contribution < 1.29 is 13.2 Å². The highest BCUT2D eigenvalue weighted by Crippen LogP contribution is 2.33. The molecule has 0 unspecified atom stereocenters. The molecule has 3 N–H and O–H groups in total. The first-order valence-electron chi connectivity index (χ1n) is 9.44. The summed E-state index contributed by atoms with van der Waals surface area (Å²) in [6.07, 6.45) is 3.71. The average Bonchev–Trinajstić information content (AvgIpc) is 3.36. The molecule has 31 heavy (non-hydrogen) atoms. The molecule has 3 aromatic heterocycles. The standard InChI is InChI=1S/C21H19ClN4O3S2/c1-2-31(28,29)26-15-6-5-13(18(22)10-15)8-19(27)25-20-9-14(12-30-20)17-11-24-21-16(17)4-3-7-23-21/h3-7,9-12,26H,2,8H2,1H3,(H,23,24)(H,25,27). The number of aromatic nitrogens is 2. The van der Waals surface area contributed by atoms with Gasteiger partial charge in [0.15, 0.2) is 0 Å². The highest BCUT2D eigenvalue weighted by Gasteiger charge is 2.13. The number of hydrogen-bond acceptors (Lipinski definition) is 5. The first-order valence-corrected chi connectivity index (χ1v) is 12.4. The number of halogens is 1. The van der Waals surface area contributed by atoms with Crippen molar-refractivity contribution in [3.05, 3.63) is 64.8 Å². The number of fused-ring (bicyclic) bond motifs is 1. The number of H-pyrrole nitrogens is 1. The van der Waals surface area contributed by atoms with E-state index in [0.717, 1.165) is 27.2 Å². The van der Waals surface area contributed by atoms with Gasteiger partial charge in [-0.2, -0.15) is 0 Å². The van der Waals surface area contributed by atoms with Crippen LogP contribution in [-0.4, -0.2) is 30.0 Å². The summed E-state index contributed by atoms with van der Waals surface area (Å²) < 4.78 is 25.8. The largest absolute Gasteiger partial charge is 0.346 e. The molecule has 0 aliphatic carbocycles. The summed E-state index contributed by atoms with van der Waals surface area (Å²) >= 11 is 7.69. The lowest BCUT2D eigenvalue weighted by atomic mass is 10.1. The number of nitrogens with one attached hydrogen (secondary N) is 3. The molecule has 3 heterocycles. The van der Waals surface area contributed by atoms with Gasteiger partial charge in [0.05, 0.1) is 17.2 Å². The topological polar surface area (TPSA) is 104 Å². The molecule has 0 saturated heterocycles. The highest BCUT2D eigenvalue weighted by atomic mass is 35.5. The van der Waals surface area contributed by atoms with E-state index < -0.39 is 10.0 Å². The van der Waals surface area contributed by atoms with E-state index >= 15 is 0 Å². The van der Waals surface area contributed by atoms with Crippen LogP contribution in [0.1, 0.15) is 12.5 Å². The van der Waals surface area contributed by atoms with E-state index in [-0.39, 0.29) is 18.1 Å². The van der Waals surface area contributed by atoms with Gasteiger partial charge in [-0.15, -0.1) is 11.3 Å². The van der Waals surface area contributed by atoms with Gasteiger partial charge in [-0.25, -0.2) is 13.4 Å². The summed E-state index contributed by atoms with van der Waals surface area (Å²) in [6, 6.07) is 10.5. The van der Waals surface area contributed by atoms with E-state index in [1.165, 1.54) is 17.4 Å². The molecule has 0 saturated carbocycles. The van der Waals surface area contributed by atoms with Crippen LogP contribution in [0.15, 0.2) is 54.2 Å². The summed E-state index contributed by atoms with van der Waals surface area (Å²) in [5, 5.41) is 6.94. The molecule has 0 aliphatic heterocycles. The number of amides is 1. The van der Waals surface area contributed by atoms with Gasteiger partial charge < -0.3 is 10.3 Å². The maximum absolute atomic E-state index is 12.5. The van der Waals surface area contributed by atoms with Gasteiger partial charge in [0.25, 0.3) is 0 Å². The molecule has 0 spiro atoms. The number of carbonyl (C=O) groups excluding carboxylic acids is 1. The number of aromatic amines is 1. The van der Waals surface area contributed by atoms with Gasteiger partial charge >= 0.3 is 0 Å². The quantitative estimate of drug-likeness (QED) is 0.354. The number of sulfonamides is 1. The highest BCUT2D eigenvalue weighted by molar-refractivity contribution is 7.92. The van der Waals surface area contributed by atoms with Gasteiger partial charge in [-0.1, -0.05) is 17.7 Å². The van der Waals surface area contributed by atoms with Crippen LogP contribution in [0.4, 0.5) is 10.7 Å². The van der Waals surface area contributed by atoms with Crippen molar-refractivity contribution in [2.24, 2.45) is 0 Å². The molecule has 7 nitrogen and oxygen atoms in total. The Morgan fingerprint density at radius 1 is 1.26 bits per heavy atom. The lowest BCUT2D eigenvalue weighted by Gasteiger charge is -2.09. The minimum absolute atomic E-state index is 0.0351. The number of benzene rings is 1. The van der Waals surface area contributed by atoms with Gasteiger partial charge in [0.2, 0.25) is 15.9 Å². The van der Waals surface area contributed by atoms with Crippen molar-refractivity contribution in [2.75, 3.05) is 15.8 Å². The third kappa shape index (κ3) is 4.90. The van der Waals surface area contributed by atoms with Gasteiger partial charge in [-0.3, -0.25) is 9.52 Å². The van der Waals surface area contributed by atoms with Crippen molar-refractivity contribution in [3.63, 3.8) is 0 Å². The fourth-order valence-corrected chi connectivity index (χ4v) is 4.79. The monoisotopic (exact) mass is 474 g/mol. The third-order valence-corrected chi connectivity index (χ3v) is 7.19. The fraction of sp³-hybridized carbons (Fsp3) is 0.143. The van der Waals surface area contributed by atoms with Crippen LogP contribution in [0.3, 0.4) is 0 Å². The maximum atomic E-state index is 12.5. The summed E-state index contributed by atoms with van der Waals surface area (Å²) in [5.41, 5.74) is 3.80. The number of anilines is 2. The Kier molecular flexibility index (Phi) is 5.99. The van der Waals surface area contributed by atoms with Crippen molar-refractivity contribution in [2.45, 2.75) is 13.3 Å². The Labute approximate surface area is 188 Å². The summed E-state index contributed by atoms with van der Waals surface area (Å²) in [5.74, 6) is -0.245. The Balaban J connectivity index is 1.44. The second kappa shape index (κ2) is 8.70. The molecule has 4 rings (SSSR count). The smallest absolute Gasteiger partial charge is 0.232 e. The molecule has 160 valence electrons. The van der Waals surface area contributed by atoms with Crippen molar-refractivity contribution in [1.29, 1.82) is 0 Å². The molecule has 0 fully saturated rings. The van der Waals surface area contributed by atoms with E-state index in [1.54, 1.807) is 25.3 Å². The SMILES string of the molecule is CCS(=O)(=O)Nc1ccc(CC(=O)Nc2cc(-c3c[nH]c4ncccc34)cs2)c(Cl)c1. The minimum Gasteiger partial charge on any atom is -0.346 e. The van der Waals surface area contributed by atoms with Crippen LogP contribution < -0.4 is 10.0 Å². The zero-order valence-electron chi connectivity index (χ0n) is 16.5. The lowest BCUT2D eigenvalue weighted by Crippen LogP contribution is -2.15. The van der Waals surface area contributed by atoms with Crippen LogP contribution in [-0.2, 0) is 21.2 Å². The fourth-order valence-electron chi connectivity index (χ4n) is 3.10. The van der Waals surface area contributed by atoms with E-state index in [9.17, 15) is 13.2 Å². The number of carbonyl (C=O) groups is 1. The van der Waals surface area contributed by atoms with E-state index in [0.29, 0.717) is 16.3 Å². The number of rotatable bonds is 7. The van der Waals surface area contributed by atoms with Crippen LogP contribution in [0.2, 0.25) is 5.02 Å². The zero-order chi connectivity index (χ0) is 22.0. The second-order valence-electron chi connectivity index (χ2n) is 6.84.